The number of methoxy groups -OCH3 is 1. The lowest BCUT2D eigenvalue weighted by Crippen LogP contribution is -2.28. The molecule has 0 aliphatic carbocycles. The molecule has 1 heterocycles. The predicted molar refractivity (Wildman–Crippen MR) is 90.9 cm³/mol. The van der Waals surface area contributed by atoms with E-state index in [4.69, 9.17) is 17.0 Å². The topological polar surface area (TPSA) is 29.5 Å². The van der Waals surface area contributed by atoms with E-state index >= 15 is 0 Å². The molecule has 0 spiro atoms. The monoisotopic (exact) mass is 371 g/mol. The normalized spacial score (nSPS) is 17.1. The highest BCUT2D eigenvalue weighted by Crippen LogP contribution is 2.34. The molecule has 0 unspecified atom stereocenters. The summed E-state index contributed by atoms with van der Waals surface area (Å²) in [5.74, 6) is 0.759. The number of thiocarbonyl (C=S) groups is 1. The van der Waals surface area contributed by atoms with E-state index in [1.54, 1.807) is 12.0 Å². The molecule has 3 nitrogen and oxygen atoms in total. The third-order valence-corrected chi connectivity index (χ3v) is 4.79. The molecule has 0 bridgehead atoms. The Balaban J connectivity index is 2.26. The van der Waals surface area contributed by atoms with Crippen LogP contribution in [0.5, 0.6) is 5.75 Å². The number of amides is 1. The molecule has 0 aromatic heterocycles. The molecule has 1 aliphatic rings. The van der Waals surface area contributed by atoms with Crippen LogP contribution in [0.1, 0.15) is 18.9 Å². The molecule has 6 heteroatoms. The Kier molecular flexibility index (Phi) is 5.23. The minimum absolute atomic E-state index is 0.00575. The Bertz CT molecular complexity index is 587. The Hall–Kier alpha value is -0.850. The zero-order valence-corrected chi connectivity index (χ0v) is 14.4. The Morgan fingerprint density at radius 2 is 2.25 bits per heavy atom. The van der Waals surface area contributed by atoms with Crippen LogP contribution in [0.2, 0.25) is 0 Å². The van der Waals surface area contributed by atoms with Gasteiger partial charge >= 0.3 is 0 Å². The van der Waals surface area contributed by atoms with E-state index in [0.29, 0.717) is 15.8 Å². The molecule has 0 N–H and O–H groups in total. The van der Waals surface area contributed by atoms with Crippen LogP contribution < -0.4 is 4.74 Å². The maximum atomic E-state index is 12.2. The van der Waals surface area contributed by atoms with Crippen LogP contribution in [0, 0.1) is 0 Å². The minimum Gasteiger partial charge on any atom is -0.496 e. The second kappa shape index (κ2) is 6.74. The van der Waals surface area contributed by atoms with Gasteiger partial charge in [-0.15, -0.1) is 0 Å². The first-order valence-corrected chi connectivity index (χ1v) is 8.17. The highest BCUT2D eigenvalue weighted by Gasteiger charge is 2.31. The second-order valence-corrected chi connectivity index (χ2v) is 6.76. The molecule has 1 amide bonds. The fourth-order valence-electron chi connectivity index (χ4n) is 1.84. The summed E-state index contributed by atoms with van der Waals surface area (Å²) >= 11 is 10.0. The lowest BCUT2D eigenvalue weighted by atomic mass is 10.2. The van der Waals surface area contributed by atoms with Crippen molar-refractivity contribution in [2.45, 2.75) is 13.3 Å². The summed E-state index contributed by atoms with van der Waals surface area (Å²) < 4.78 is 6.68. The Morgan fingerprint density at radius 1 is 1.50 bits per heavy atom. The van der Waals surface area contributed by atoms with Crippen LogP contribution in [0.3, 0.4) is 0 Å². The minimum atomic E-state index is -0.00575. The molecular formula is C14H14BrNO2S2. The molecule has 1 saturated heterocycles. The fraction of sp³-hybridized carbons (Fsp3) is 0.286. The molecule has 20 heavy (non-hydrogen) atoms. The number of thioether (sulfide) groups is 1. The largest absolute Gasteiger partial charge is 0.496 e. The molecule has 106 valence electrons. The second-order valence-electron chi connectivity index (χ2n) is 4.23. The lowest BCUT2D eigenvalue weighted by molar-refractivity contribution is -0.122. The van der Waals surface area contributed by atoms with Crippen molar-refractivity contribution >= 4 is 56.2 Å². The summed E-state index contributed by atoms with van der Waals surface area (Å²) in [7, 11) is 1.62. The summed E-state index contributed by atoms with van der Waals surface area (Å²) in [4.78, 5) is 14.6. The van der Waals surface area contributed by atoms with Crippen LogP contribution in [0.25, 0.3) is 6.08 Å². The number of benzene rings is 1. The molecule has 0 atom stereocenters. The van der Waals surface area contributed by atoms with Gasteiger partial charge in [-0.1, -0.05) is 37.0 Å². The fourth-order valence-corrected chi connectivity index (χ4v) is 3.71. The average Bonchev–Trinajstić information content (AvgIpc) is 2.67. The Labute approximate surface area is 136 Å². The van der Waals surface area contributed by atoms with E-state index in [-0.39, 0.29) is 5.91 Å². The number of hydrogen-bond acceptors (Lipinski definition) is 4. The van der Waals surface area contributed by atoms with Crippen molar-refractivity contribution < 1.29 is 9.53 Å². The zero-order valence-electron chi connectivity index (χ0n) is 11.2. The van der Waals surface area contributed by atoms with Crippen molar-refractivity contribution in [3.8, 4) is 5.75 Å². The number of carbonyl (C=O) groups is 1. The number of carbonyl (C=O) groups excluding carboxylic acids is 1. The molecule has 1 fully saturated rings. The van der Waals surface area contributed by atoms with Crippen molar-refractivity contribution in [1.29, 1.82) is 0 Å². The number of halogens is 1. The van der Waals surface area contributed by atoms with Crippen molar-refractivity contribution in [2.75, 3.05) is 13.7 Å². The number of hydrogen-bond donors (Lipinski definition) is 0. The zero-order chi connectivity index (χ0) is 14.7. The highest BCUT2D eigenvalue weighted by molar-refractivity contribution is 9.10. The third kappa shape index (κ3) is 3.24. The van der Waals surface area contributed by atoms with Gasteiger partial charge in [-0.2, -0.15) is 0 Å². The standard InChI is InChI=1S/C14H14BrNO2S2/c1-3-6-16-13(17)12(20-14(16)19)8-9-4-5-11(18-2)10(15)7-9/h4-5,7-8H,3,6H2,1-2H3/b12-8-. The first-order valence-electron chi connectivity index (χ1n) is 6.15. The number of nitrogens with zero attached hydrogens (tertiary/aromatic N) is 1. The van der Waals surface area contributed by atoms with E-state index in [0.717, 1.165) is 22.2 Å². The van der Waals surface area contributed by atoms with Crippen molar-refractivity contribution in [1.82, 2.24) is 4.90 Å². The first kappa shape index (κ1) is 15.5. The van der Waals surface area contributed by atoms with E-state index in [9.17, 15) is 4.79 Å². The molecule has 0 radical (unpaired) electrons. The van der Waals surface area contributed by atoms with Crippen LogP contribution in [0.15, 0.2) is 27.6 Å². The molecule has 1 aliphatic heterocycles. The molecule has 2 rings (SSSR count). The SMILES string of the molecule is CCCN1C(=O)/C(=C/c2ccc(OC)c(Br)c2)SC1=S. The van der Waals surface area contributed by atoms with Gasteiger partial charge in [0.25, 0.3) is 5.91 Å². The maximum Gasteiger partial charge on any atom is 0.266 e. The van der Waals surface area contributed by atoms with Gasteiger partial charge in [0.2, 0.25) is 0 Å². The number of ether oxygens (including phenoxy) is 1. The summed E-state index contributed by atoms with van der Waals surface area (Å²) in [6.07, 6.45) is 2.76. The molecular weight excluding hydrogens is 358 g/mol. The van der Waals surface area contributed by atoms with Gasteiger partial charge in [0.05, 0.1) is 16.5 Å². The summed E-state index contributed by atoms with van der Waals surface area (Å²) in [5, 5.41) is 0. The van der Waals surface area contributed by atoms with E-state index < -0.39 is 0 Å². The van der Waals surface area contributed by atoms with Crippen molar-refractivity contribution in [3.05, 3.63) is 33.1 Å². The summed E-state index contributed by atoms with van der Waals surface area (Å²) in [6.45, 7) is 2.71. The predicted octanol–water partition coefficient (Wildman–Crippen LogP) is 4.07. The van der Waals surface area contributed by atoms with E-state index in [1.807, 2.05) is 31.2 Å². The summed E-state index contributed by atoms with van der Waals surface area (Å²) in [5.41, 5.74) is 0.940. The highest BCUT2D eigenvalue weighted by atomic mass is 79.9. The van der Waals surface area contributed by atoms with Crippen LogP contribution in [-0.4, -0.2) is 28.8 Å². The van der Waals surface area contributed by atoms with Crippen LogP contribution in [-0.2, 0) is 4.79 Å². The van der Waals surface area contributed by atoms with Crippen LogP contribution >= 0.6 is 39.9 Å². The van der Waals surface area contributed by atoms with Crippen molar-refractivity contribution in [2.24, 2.45) is 0 Å². The van der Waals surface area contributed by atoms with E-state index in [1.165, 1.54) is 11.8 Å². The van der Waals surface area contributed by atoms with Gasteiger partial charge in [0.1, 0.15) is 10.1 Å². The summed E-state index contributed by atoms with van der Waals surface area (Å²) in [6, 6.07) is 5.70. The van der Waals surface area contributed by atoms with Crippen LogP contribution in [0.4, 0.5) is 0 Å². The number of rotatable bonds is 4. The molecule has 0 saturated carbocycles. The van der Waals surface area contributed by atoms with Gasteiger partial charge in [0, 0.05) is 6.54 Å². The van der Waals surface area contributed by atoms with Gasteiger partial charge in [0.15, 0.2) is 0 Å². The Morgan fingerprint density at radius 3 is 2.85 bits per heavy atom. The maximum absolute atomic E-state index is 12.2. The average molecular weight is 372 g/mol. The van der Waals surface area contributed by atoms with Gasteiger partial charge in [-0.05, 0) is 46.1 Å². The lowest BCUT2D eigenvalue weighted by Gasteiger charge is -2.11. The van der Waals surface area contributed by atoms with Gasteiger partial charge in [-0.3, -0.25) is 9.69 Å². The smallest absolute Gasteiger partial charge is 0.266 e. The van der Waals surface area contributed by atoms with Crippen molar-refractivity contribution in [3.63, 3.8) is 0 Å². The van der Waals surface area contributed by atoms with Gasteiger partial charge < -0.3 is 4.74 Å². The quantitative estimate of drug-likeness (QED) is 0.589. The third-order valence-electron chi connectivity index (χ3n) is 2.79. The van der Waals surface area contributed by atoms with E-state index in [2.05, 4.69) is 15.9 Å². The molecule has 1 aromatic rings. The van der Waals surface area contributed by atoms with Gasteiger partial charge in [-0.25, -0.2) is 0 Å². The first-order chi connectivity index (χ1) is 9.56. The molecule has 1 aromatic carbocycles.